The first-order chi connectivity index (χ1) is 16.3. The maximum Gasteiger partial charge on any atom is 0.351 e. The molecule has 1 saturated carbocycles. The summed E-state index contributed by atoms with van der Waals surface area (Å²) in [5.41, 5.74) is -1.64. The molecular formula is C28H48O6. The summed E-state index contributed by atoms with van der Waals surface area (Å²) in [5.74, 6) is -2.04. The van der Waals surface area contributed by atoms with Gasteiger partial charge in [0.1, 0.15) is 5.92 Å². The molecule has 0 aromatic rings. The Morgan fingerprint density at radius 1 is 0.971 bits per heavy atom. The molecule has 0 aromatic heterocycles. The second-order valence-electron chi connectivity index (χ2n) is 9.99. The summed E-state index contributed by atoms with van der Waals surface area (Å²) < 4.78 is 16.9. The Morgan fingerprint density at radius 3 is 2.29 bits per heavy atom. The normalized spacial score (nSPS) is 21.0. The van der Waals surface area contributed by atoms with Gasteiger partial charge in [0, 0.05) is 6.08 Å². The molecule has 0 bridgehead atoms. The van der Waals surface area contributed by atoms with E-state index in [0.29, 0.717) is 25.4 Å². The minimum atomic E-state index is -1.64. The van der Waals surface area contributed by atoms with E-state index >= 15 is 0 Å². The minimum Gasteiger partial charge on any atom is -0.465 e. The van der Waals surface area contributed by atoms with Crippen molar-refractivity contribution >= 4 is 17.9 Å². The second kappa shape index (κ2) is 16.7. The highest BCUT2D eigenvalue weighted by Gasteiger charge is 2.55. The van der Waals surface area contributed by atoms with Gasteiger partial charge in [-0.1, -0.05) is 85.6 Å². The molecule has 6 heteroatoms. The van der Waals surface area contributed by atoms with Crippen LogP contribution in [0.4, 0.5) is 0 Å². The number of esters is 3. The van der Waals surface area contributed by atoms with E-state index in [1.807, 2.05) is 0 Å². The fraction of sp³-hybridized carbons (Fsp3) is 0.821. The summed E-state index contributed by atoms with van der Waals surface area (Å²) in [5, 5.41) is 0. The molecule has 0 saturated heterocycles. The van der Waals surface area contributed by atoms with Gasteiger partial charge in [-0.3, -0.25) is 4.79 Å². The van der Waals surface area contributed by atoms with Crippen LogP contribution in [-0.4, -0.2) is 36.7 Å². The lowest BCUT2D eigenvalue weighted by Gasteiger charge is -2.39. The van der Waals surface area contributed by atoms with E-state index in [1.54, 1.807) is 0 Å². The molecule has 0 amide bonds. The molecule has 0 spiro atoms. The zero-order valence-corrected chi connectivity index (χ0v) is 22.1. The Morgan fingerprint density at radius 2 is 1.65 bits per heavy atom. The maximum absolute atomic E-state index is 13.3. The third-order valence-electron chi connectivity index (χ3n) is 6.98. The minimum absolute atomic E-state index is 0.255. The van der Waals surface area contributed by atoms with Crippen molar-refractivity contribution in [3.63, 3.8) is 0 Å². The van der Waals surface area contributed by atoms with Crippen molar-refractivity contribution in [2.24, 2.45) is 17.8 Å². The molecule has 0 N–H and O–H groups in total. The molecule has 6 nitrogen and oxygen atoms in total. The Bertz CT molecular complexity index is 628. The third-order valence-corrected chi connectivity index (χ3v) is 6.98. The molecule has 0 aliphatic heterocycles. The average Bonchev–Trinajstić information content (AvgIpc) is 2.82. The van der Waals surface area contributed by atoms with Crippen LogP contribution in [0.1, 0.15) is 111 Å². The van der Waals surface area contributed by atoms with Crippen molar-refractivity contribution in [1.82, 2.24) is 0 Å². The Hall–Kier alpha value is -1.85. The monoisotopic (exact) mass is 480 g/mol. The summed E-state index contributed by atoms with van der Waals surface area (Å²) in [4.78, 5) is 38.7. The zero-order valence-electron chi connectivity index (χ0n) is 22.1. The van der Waals surface area contributed by atoms with E-state index in [0.717, 1.165) is 70.3 Å². The molecule has 3 atom stereocenters. The molecular weight excluding hydrogens is 432 g/mol. The van der Waals surface area contributed by atoms with Crippen molar-refractivity contribution in [1.29, 1.82) is 0 Å². The van der Waals surface area contributed by atoms with Crippen molar-refractivity contribution in [3.8, 4) is 0 Å². The molecule has 1 aliphatic carbocycles. The van der Waals surface area contributed by atoms with Crippen LogP contribution < -0.4 is 0 Å². The number of hydrogen-bond acceptors (Lipinski definition) is 6. The number of unbranched alkanes of at least 4 members (excludes halogenated alkanes) is 6. The maximum atomic E-state index is 13.3. The molecule has 1 aliphatic rings. The first kappa shape index (κ1) is 30.2. The van der Waals surface area contributed by atoms with Gasteiger partial charge in [-0.05, 0) is 43.9 Å². The van der Waals surface area contributed by atoms with E-state index in [9.17, 15) is 14.4 Å². The highest BCUT2D eigenvalue weighted by molar-refractivity contribution is 5.92. The van der Waals surface area contributed by atoms with Gasteiger partial charge in [-0.2, -0.15) is 0 Å². The quantitative estimate of drug-likeness (QED) is 0.102. The highest BCUT2D eigenvalue weighted by Crippen LogP contribution is 2.39. The first-order valence-electron chi connectivity index (χ1n) is 13.5. The standard InChI is InChI=1S/C28H48O6/c1-6-9-11-12-16-20-32-27(31)28(34-25(29)8-3)19-15-14-18-24(28)26(30)33-21-23(22(4)5)17-13-10-7-2/h8,22-24H,3,6-7,9-21H2,1-2,4-5H3. The van der Waals surface area contributed by atoms with Crippen LogP contribution >= 0.6 is 0 Å². The van der Waals surface area contributed by atoms with Gasteiger partial charge in [0.2, 0.25) is 5.60 Å². The predicted octanol–water partition coefficient (Wildman–Crippen LogP) is 6.55. The lowest BCUT2D eigenvalue weighted by Crippen LogP contribution is -2.55. The molecule has 1 fully saturated rings. The molecule has 196 valence electrons. The van der Waals surface area contributed by atoms with Gasteiger partial charge in [-0.25, -0.2) is 9.59 Å². The number of ether oxygens (including phenoxy) is 3. The van der Waals surface area contributed by atoms with Crippen molar-refractivity contribution in [2.75, 3.05) is 13.2 Å². The average molecular weight is 481 g/mol. The van der Waals surface area contributed by atoms with Crippen LogP contribution in [0.2, 0.25) is 0 Å². The SMILES string of the molecule is C=CC(=O)OC1(C(=O)OCCCCCCC)CCCCC1C(=O)OCC(CCCCC)C(C)C. The summed E-state index contributed by atoms with van der Waals surface area (Å²) in [6, 6.07) is 0. The van der Waals surface area contributed by atoms with Gasteiger partial charge in [0.25, 0.3) is 0 Å². The molecule has 0 heterocycles. The Kier molecular flexibility index (Phi) is 14.8. The lowest BCUT2D eigenvalue weighted by atomic mass is 9.75. The number of carbonyl (C=O) groups excluding carboxylic acids is 3. The molecule has 3 unspecified atom stereocenters. The zero-order chi connectivity index (χ0) is 25.4. The van der Waals surface area contributed by atoms with Crippen LogP contribution in [-0.2, 0) is 28.6 Å². The van der Waals surface area contributed by atoms with Crippen molar-refractivity contribution in [3.05, 3.63) is 12.7 Å². The number of rotatable bonds is 17. The predicted molar refractivity (Wildman–Crippen MR) is 134 cm³/mol. The molecule has 34 heavy (non-hydrogen) atoms. The van der Waals surface area contributed by atoms with Crippen LogP contribution in [0.3, 0.4) is 0 Å². The second-order valence-corrected chi connectivity index (χ2v) is 9.99. The van der Waals surface area contributed by atoms with E-state index in [-0.39, 0.29) is 18.9 Å². The fourth-order valence-corrected chi connectivity index (χ4v) is 4.63. The van der Waals surface area contributed by atoms with Gasteiger partial charge in [0.15, 0.2) is 0 Å². The third kappa shape index (κ3) is 9.79. The van der Waals surface area contributed by atoms with Gasteiger partial charge in [0.05, 0.1) is 13.2 Å². The fourth-order valence-electron chi connectivity index (χ4n) is 4.63. The highest BCUT2D eigenvalue weighted by atomic mass is 16.6. The summed E-state index contributed by atoms with van der Waals surface area (Å²) in [6.45, 7) is 12.6. The Balaban J connectivity index is 2.91. The van der Waals surface area contributed by atoms with E-state index in [2.05, 4.69) is 34.3 Å². The number of hydrogen-bond donors (Lipinski definition) is 0. The molecule has 1 rings (SSSR count). The van der Waals surface area contributed by atoms with Gasteiger partial charge in [-0.15, -0.1) is 0 Å². The Labute approximate surface area is 207 Å². The van der Waals surface area contributed by atoms with Crippen molar-refractivity contribution < 1.29 is 28.6 Å². The van der Waals surface area contributed by atoms with E-state index in [1.165, 1.54) is 0 Å². The summed E-state index contributed by atoms with van der Waals surface area (Å²) in [7, 11) is 0. The van der Waals surface area contributed by atoms with Crippen LogP contribution in [0, 0.1) is 17.8 Å². The molecule has 0 aromatic carbocycles. The van der Waals surface area contributed by atoms with Crippen LogP contribution in [0.15, 0.2) is 12.7 Å². The van der Waals surface area contributed by atoms with Gasteiger partial charge >= 0.3 is 17.9 Å². The summed E-state index contributed by atoms with van der Waals surface area (Å²) >= 11 is 0. The van der Waals surface area contributed by atoms with Crippen molar-refractivity contribution in [2.45, 2.75) is 117 Å². The number of carbonyl (C=O) groups is 3. The van der Waals surface area contributed by atoms with E-state index in [4.69, 9.17) is 14.2 Å². The first-order valence-corrected chi connectivity index (χ1v) is 13.5. The van der Waals surface area contributed by atoms with E-state index < -0.39 is 29.4 Å². The topological polar surface area (TPSA) is 78.9 Å². The largest absolute Gasteiger partial charge is 0.465 e. The lowest BCUT2D eigenvalue weighted by molar-refractivity contribution is -0.198. The smallest absolute Gasteiger partial charge is 0.351 e. The van der Waals surface area contributed by atoms with Crippen LogP contribution in [0.5, 0.6) is 0 Å². The van der Waals surface area contributed by atoms with Gasteiger partial charge < -0.3 is 14.2 Å². The van der Waals surface area contributed by atoms with Crippen LogP contribution in [0.25, 0.3) is 0 Å². The molecule has 0 radical (unpaired) electrons. The summed E-state index contributed by atoms with van der Waals surface area (Å²) in [6.07, 6.45) is 12.7.